The molecule has 0 spiro atoms. The summed E-state index contributed by atoms with van der Waals surface area (Å²) in [4.78, 5) is 16.8. The fraction of sp³-hybridized carbons (Fsp3) is 0.733. The highest BCUT2D eigenvalue weighted by Crippen LogP contribution is 2.16. The minimum atomic E-state index is -0.00183. The standard InChI is InChI=1S/C15H25BrN4O/c1-12(2)13(9-16)11-20-15(21)8-14(10-17-20)19-6-4-18(3)5-7-19/h8,10,12-13H,4-7,9,11H2,1-3H3. The second kappa shape index (κ2) is 7.40. The molecule has 6 heteroatoms. The van der Waals surface area contributed by atoms with Crippen molar-refractivity contribution in [1.29, 1.82) is 0 Å². The Morgan fingerprint density at radius 2 is 1.95 bits per heavy atom. The summed E-state index contributed by atoms with van der Waals surface area (Å²) in [5, 5.41) is 5.26. The molecule has 0 aromatic carbocycles. The third-order valence-electron chi connectivity index (χ3n) is 4.27. The molecule has 0 radical (unpaired) electrons. The molecule has 21 heavy (non-hydrogen) atoms. The lowest BCUT2D eigenvalue weighted by molar-refractivity contribution is 0.312. The SMILES string of the molecule is CC(C)C(CBr)Cn1ncc(N2CCN(C)CC2)cc1=O. The van der Waals surface area contributed by atoms with Crippen LogP contribution in [-0.2, 0) is 6.54 Å². The number of hydrogen-bond acceptors (Lipinski definition) is 4. The Kier molecular flexibility index (Phi) is 5.81. The van der Waals surface area contributed by atoms with E-state index in [0.29, 0.717) is 18.4 Å². The van der Waals surface area contributed by atoms with Gasteiger partial charge in [0.1, 0.15) is 0 Å². The van der Waals surface area contributed by atoms with Gasteiger partial charge in [-0.25, -0.2) is 4.68 Å². The van der Waals surface area contributed by atoms with Gasteiger partial charge in [0, 0.05) is 44.1 Å². The molecule has 0 aliphatic carbocycles. The van der Waals surface area contributed by atoms with Crippen molar-refractivity contribution < 1.29 is 0 Å². The van der Waals surface area contributed by atoms with Crippen molar-refractivity contribution in [3.63, 3.8) is 0 Å². The molecule has 0 saturated carbocycles. The number of anilines is 1. The third-order valence-corrected chi connectivity index (χ3v) is 5.10. The van der Waals surface area contributed by atoms with Gasteiger partial charge in [-0.2, -0.15) is 5.10 Å². The van der Waals surface area contributed by atoms with Crippen LogP contribution in [0.4, 0.5) is 5.69 Å². The normalized spacial score (nSPS) is 18.2. The number of likely N-dealkylation sites (N-methyl/N-ethyl adjacent to an activating group) is 1. The molecule has 1 fully saturated rings. The van der Waals surface area contributed by atoms with Gasteiger partial charge < -0.3 is 9.80 Å². The van der Waals surface area contributed by atoms with Crippen LogP contribution in [-0.4, -0.2) is 53.2 Å². The Balaban J connectivity index is 2.09. The number of piperazine rings is 1. The van der Waals surface area contributed by atoms with Gasteiger partial charge in [-0.3, -0.25) is 4.79 Å². The second-order valence-electron chi connectivity index (χ2n) is 6.18. The molecule has 0 bridgehead atoms. The van der Waals surface area contributed by atoms with Crippen molar-refractivity contribution in [2.45, 2.75) is 20.4 Å². The van der Waals surface area contributed by atoms with Gasteiger partial charge in [-0.1, -0.05) is 29.8 Å². The Bertz CT molecular complexity index is 509. The highest BCUT2D eigenvalue weighted by Gasteiger charge is 2.17. The molecule has 2 rings (SSSR count). The number of alkyl halides is 1. The maximum absolute atomic E-state index is 12.3. The van der Waals surface area contributed by atoms with E-state index in [0.717, 1.165) is 37.2 Å². The van der Waals surface area contributed by atoms with E-state index in [1.165, 1.54) is 0 Å². The van der Waals surface area contributed by atoms with Gasteiger partial charge in [0.25, 0.3) is 5.56 Å². The van der Waals surface area contributed by atoms with Gasteiger partial charge >= 0.3 is 0 Å². The lowest BCUT2D eigenvalue weighted by Gasteiger charge is -2.33. The topological polar surface area (TPSA) is 41.4 Å². The number of halogens is 1. The summed E-state index contributed by atoms with van der Waals surface area (Å²) >= 11 is 3.53. The van der Waals surface area contributed by atoms with Gasteiger partial charge in [-0.15, -0.1) is 0 Å². The number of aromatic nitrogens is 2. The quantitative estimate of drug-likeness (QED) is 0.752. The van der Waals surface area contributed by atoms with E-state index in [4.69, 9.17) is 0 Å². The van der Waals surface area contributed by atoms with Crippen LogP contribution in [0.3, 0.4) is 0 Å². The molecule has 0 N–H and O–H groups in total. The summed E-state index contributed by atoms with van der Waals surface area (Å²) in [6.07, 6.45) is 1.83. The predicted octanol–water partition coefficient (Wildman–Crippen LogP) is 1.66. The number of hydrogen-bond donors (Lipinski definition) is 0. The van der Waals surface area contributed by atoms with E-state index in [9.17, 15) is 4.79 Å². The summed E-state index contributed by atoms with van der Waals surface area (Å²) in [6.45, 7) is 9.00. The van der Waals surface area contributed by atoms with Crippen molar-refractivity contribution in [1.82, 2.24) is 14.7 Å². The minimum absolute atomic E-state index is 0.00183. The first-order valence-corrected chi connectivity index (χ1v) is 8.70. The van der Waals surface area contributed by atoms with Crippen LogP contribution in [0.2, 0.25) is 0 Å². The fourth-order valence-corrected chi connectivity index (χ4v) is 3.41. The van der Waals surface area contributed by atoms with Gasteiger partial charge in [0.05, 0.1) is 11.9 Å². The molecular weight excluding hydrogens is 332 g/mol. The third kappa shape index (κ3) is 4.30. The summed E-state index contributed by atoms with van der Waals surface area (Å²) < 4.78 is 1.59. The molecule has 1 atom stereocenters. The predicted molar refractivity (Wildman–Crippen MR) is 90.3 cm³/mol. The Labute approximate surface area is 135 Å². The summed E-state index contributed by atoms with van der Waals surface area (Å²) in [6, 6.07) is 1.73. The Morgan fingerprint density at radius 3 is 2.48 bits per heavy atom. The average Bonchev–Trinajstić information content (AvgIpc) is 2.46. The Hall–Kier alpha value is -0.880. The lowest BCUT2D eigenvalue weighted by Crippen LogP contribution is -2.45. The van der Waals surface area contributed by atoms with E-state index in [-0.39, 0.29) is 5.56 Å². The zero-order valence-electron chi connectivity index (χ0n) is 13.1. The van der Waals surface area contributed by atoms with Crippen LogP contribution in [0.15, 0.2) is 17.1 Å². The van der Waals surface area contributed by atoms with E-state index in [2.05, 4.69) is 51.7 Å². The first-order chi connectivity index (χ1) is 10.0. The molecule has 1 unspecified atom stereocenters. The van der Waals surface area contributed by atoms with Crippen molar-refractivity contribution in [2.24, 2.45) is 11.8 Å². The minimum Gasteiger partial charge on any atom is -0.368 e. The zero-order chi connectivity index (χ0) is 15.4. The fourth-order valence-electron chi connectivity index (χ4n) is 2.46. The lowest BCUT2D eigenvalue weighted by atomic mass is 9.98. The van der Waals surface area contributed by atoms with E-state index < -0.39 is 0 Å². The smallest absolute Gasteiger partial charge is 0.268 e. The van der Waals surface area contributed by atoms with E-state index >= 15 is 0 Å². The van der Waals surface area contributed by atoms with Crippen molar-refractivity contribution in [3.8, 4) is 0 Å². The highest BCUT2D eigenvalue weighted by molar-refractivity contribution is 9.09. The number of rotatable bonds is 5. The first kappa shape index (κ1) is 16.5. The van der Waals surface area contributed by atoms with Gasteiger partial charge in [0.2, 0.25) is 0 Å². The van der Waals surface area contributed by atoms with Crippen molar-refractivity contribution in [3.05, 3.63) is 22.6 Å². The van der Waals surface area contributed by atoms with Gasteiger partial charge in [-0.05, 0) is 18.9 Å². The molecular formula is C15H25BrN4O. The molecule has 2 heterocycles. The second-order valence-corrected chi connectivity index (χ2v) is 6.83. The van der Waals surface area contributed by atoms with Crippen LogP contribution in [0.1, 0.15) is 13.8 Å². The summed E-state index contributed by atoms with van der Waals surface area (Å²) in [5.74, 6) is 0.945. The van der Waals surface area contributed by atoms with Crippen molar-refractivity contribution in [2.75, 3.05) is 43.5 Å². The molecule has 118 valence electrons. The molecule has 1 aliphatic heterocycles. The molecule has 5 nitrogen and oxygen atoms in total. The Morgan fingerprint density at radius 1 is 1.29 bits per heavy atom. The zero-order valence-corrected chi connectivity index (χ0v) is 14.7. The van der Waals surface area contributed by atoms with Crippen LogP contribution in [0.25, 0.3) is 0 Å². The number of nitrogens with zero attached hydrogens (tertiary/aromatic N) is 4. The maximum atomic E-state index is 12.3. The van der Waals surface area contributed by atoms with Crippen LogP contribution >= 0.6 is 15.9 Å². The van der Waals surface area contributed by atoms with Crippen molar-refractivity contribution >= 4 is 21.6 Å². The molecule has 1 aliphatic rings. The summed E-state index contributed by atoms with van der Waals surface area (Å²) in [5.41, 5.74) is 0.947. The molecule has 1 saturated heterocycles. The molecule has 1 aromatic heterocycles. The first-order valence-electron chi connectivity index (χ1n) is 7.58. The van der Waals surface area contributed by atoms with Crippen LogP contribution in [0.5, 0.6) is 0 Å². The average molecular weight is 357 g/mol. The molecule has 1 aromatic rings. The van der Waals surface area contributed by atoms with Crippen LogP contribution in [0, 0.1) is 11.8 Å². The van der Waals surface area contributed by atoms with Crippen LogP contribution < -0.4 is 10.5 Å². The molecule has 0 amide bonds. The maximum Gasteiger partial charge on any atom is 0.268 e. The summed E-state index contributed by atoms with van der Waals surface area (Å²) in [7, 11) is 2.12. The van der Waals surface area contributed by atoms with E-state index in [1.54, 1.807) is 10.7 Å². The largest absolute Gasteiger partial charge is 0.368 e. The van der Waals surface area contributed by atoms with E-state index in [1.807, 2.05) is 6.20 Å². The highest BCUT2D eigenvalue weighted by atomic mass is 79.9. The monoisotopic (exact) mass is 356 g/mol. The van der Waals surface area contributed by atoms with Gasteiger partial charge in [0.15, 0.2) is 0 Å².